The highest BCUT2D eigenvalue weighted by molar-refractivity contribution is 7.99. The molecule has 3 rings (SSSR count). The number of carbonyl (C=O) groups is 1. The van der Waals surface area contributed by atoms with Crippen LogP contribution >= 0.6 is 23.1 Å². The molecule has 3 atom stereocenters. The number of carbonyl (C=O) groups excluding carboxylic acids is 1. The van der Waals surface area contributed by atoms with Crippen LogP contribution in [0.5, 0.6) is 0 Å². The summed E-state index contributed by atoms with van der Waals surface area (Å²) in [7, 11) is 0. The Bertz CT molecular complexity index is 432. The van der Waals surface area contributed by atoms with Crippen molar-refractivity contribution < 1.29 is 9.53 Å². The van der Waals surface area contributed by atoms with Gasteiger partial charge in [0.1, 0.15) is 6.10 Å². The summed E-state index contributed by atoms with van der Waals surface area (Å²) < 4.78 is 5.96. The van der Waals surface area contributed by atoms with Gasteiger partial charge in [-0.2, -0.15) is 11.3 Å². The average Bonchev–Trinajstić information content (AvgIpc) is 3.10. The van der Waals surface area contributed by atoms with Crippen LogP contribution in [0, 0.1) is 0 Å². The van der Waals surface area contributed by atoms with Gasteiger partial charge < -0.3 is 9.64 Å². The zero-order chi connectivity index (χ0) is 13.2. The number of thiophene rings is 1. The number of amides is 1. The number of morpholine rings is 1. The van der Waals surface area contributed by atoms with E-state index in [-0.39, 0.29) is 24.2 Å². The van der Waals surface area contributed by atoms with Gasteiger partial charge in [0, 0.05) is 18.2 Å². The summed E-state index contributed by atoms with van der Waals surface area (Å²) in [5, 5.41) is 7.41. The molecule has 3 heterocycles. The zero-order valence-corrected chi connectivity index (χ0v) is 12.5. The van der Waals surface area contributed by atoms with E-state index in [1.54, 1.807) is 23.1 Å². The van der Waals surface area contributed by atoms with Crippen LogP contribution < -0.4 is 5.32 Å². The third kappa shape index (κ3) is 2.97. The van der Waals surface area contributed by atoms with Gasteiger partial charge in [-0.3, -0.25) is 10.1 Å². The first-order chi connectivity index (χ1) is 9.24. The summed E-state index contributed by atoms with van der Waals surface area (Å²) >= 11 is 3.46. The van der Waals surface area contributed by atoms with E-state index in [4.69, 9.17) is 4.74 Å². The molecule has 1 amide bonds. The lowest BCUT2D eigenvalue weighted by Gasteiger charge is -2.37. The van der Waals surface area contributed by atoms with Gasteiger partial charge >= 0.3 is 0 Å². The maximum atomic E-state index is 12.5. The molecule has 2 saturated heterocycles. The molecule has 0 aromatic carbocycles. The Hall–Kier alpha value is -0.560. The number of rotatable bonds is 2. The molecule has 0 spiro atoms. The Morgan fingerprint density at radius 2 is 2.42 bits per heavy atom. The Labute approximate surface area is 121 Å². The van der Waals surface area contributed by atoms with Gasteiger partial charge in [0.05, 0.1) is 18.7 Å². The second-order valence-electron chi connectivity index (χ2n) is 5.01. The zero-order valence-electron chi connectivity index (χ0n) is 10.9. The summed E-state index contributed by atoms with van der Waals surface area (Å²) in [6.45, 7) is 3.40. The molecule has 0 aliphatic carbocycles. The molecule has 1 N–H and O–H groups in total. The van der Waals surface area contributed by atoms with E-state index in [1.807, 2.05) is 11.8 Å². The Balaban J connectivity index is 1.69. The maximum absolute atomic E-state index is 12.5. The molecule has 0 saturated carbocycles. The number of thioether (sulfide) groups is 1. The highest BCUT2D eigenvalue weighted by Crippen LogP contribution is 2.27. The lowest BCUT2D eigenvalue weighted by atomic mass is 10.1. The van der Waals surface area contributed by atoms with Crippen LogP contribution in [0.4, 0.5) is 0 Å². The van der Waals surface area contributed by atoms with E-state index in [0.717, 1.165) is 11.6 Å². The Kier molecular flexibility index (Phi) is 4.12. The lowest BCUT2D eigenvalue weighted by Crippen LogP contribution is -2.52. The van der Waals surface area contributed by atoms with Crippen LogP contribution in [-0.4, -0.2) is 47.7 Å². The molecule has 104 valence electrons. The van der Waals surface area contributed by atoms with Crippen LogP contribution in [0.2, 0.25) is 0 Å². The number of ether oxygens (including phenoxy) is 1. The number of nitrogens with zero attached hydrogens (tertiary/aromatic N) is 1. The lowest BCUT2D eigenvalue weighted by molar-refractivity contribution is -0.146. The molecule has 2 aliphatic rings. The summed E-state index contributed by atoms with van der Waals surface area (Å²) in [5.41, 5.74) is 1.18. The Morgan fingerprint density at radius 1 is 1.53 bits per heavy atom. The molecule has 0 bridgehead atoms. The summed E-state index contributed by atoms with van der Waals surface area (Å²) in [4.78, 5) is 14.4. The molecule has 4 nitrogen and oxygen atoms in total. The summed E-state index contributed by atoms with van der Waals surface area (Å²) in [6.07, 6.45) is 0.115. The highest BCUT2D eigenvalue weighted by atomic mass is 32.2. The number of hydrogen-bond acceptors (Lipinski definition) is 5. The fourth-order valence-electron chi connectivity index (χ4n) is 2.55. The average molecular weight is 298 g/mol. The monoisotopic (exact) mass is 298 g/mol. The van der Waals surface area contributed by atoms with Crippen molar-refractivity contribution in [2.45, 2.75) is 25.2 Å². The van der Waals surface area contributed by atoms with E-state index in [1.165, 1.54) is 5.56 Å². The first-order valence-electron chi connectivity index (χ1n) is 6.51. The van der Waals surface area contributed by atoms with Crippen molar-refractivity contribution in [2.75, 3.05) is 24.7 Å². The van der Waals surface area contributed by atoms with Crippen molar-refractivity contribution >= 4 is 29.0 Å². The van der Waals surface area contributed by atoms with Gasteiger partial charge in [0.2, 0.25) is 5.91 Å². The SMILES string of the molecule is C[C@H]1CN(C(=O)[C@H]2CSCN2)C[C@H](c2ccsc2)O1. The molecule has 0 unspecified atom stereocenters. The van der Waals surface area contributed by atoms with Crippen molar-refractivity contribution in [3.8, 4) is 0 Å². The predicted molar refractivity (Wildman–Crippen MR) is 78.4 cm³/mol. The Morgan fingerprint density at radius 3 is 3.11 bits per heavy atom. The maximum Gasteiger partial charge on any atom is 0.240 e. The molecule has 2 aliphatic heterocycles. The second-order valence-corrected chi connectivity index (χ2v) is 6.82. The van der Waals surface area contributed by atoms with Crippen LogP contribution in [0.1, 0.15) is 18.6 Å². The van der Waals surface area contributed by atoms with Crippen LogP contribution in [-0.2, 0) is 9.53 Å². The van der Waals surface area contributed by atoms with Crippen molar-refractivity contribution in [1.82, 2.24) is 10.2 Å². The quantitative estimate of drug-likeness (QED) is 0.902. The van der Waals surface area contributed by atoms with Gasteiger partial charge in [-0.05, 0) is 29.3 Å². The third-order valence-electron chi connectivity index (χ3n) is 3.50. The molecule has 2 fully saturated rings. The minimum atomic E-state index is -0.0153. The van der Waals surface area contributed by atoms with Crippen LogP contribution in [0.15, 0.2) is 16.8 Å². The van der Waals surface area contributed by atoms with Crippen molar-refractivity contribution in [3.63, 3.8) is 0 Å². The minimum Gasteiger partial charge on any atom is -0.367 e. The van der Waals surface area contributed by atoms with E-state index < -0.39 is 0 Å². The first kappa shape index (κ1) is 13.4. The smallest absolute Gasteiger partial charge is 0.240 e. The van der Waals surface area contributed by atoms with Crippen molar-refractivity contribution in [3.05, 3.63) is 22.4 Å². The second kappa shape index (κ2) is 5.83. The number of nitrogens with one attached hydrogen (secondary N) is 1. The van der Waals surface area contributed by atoms with Crippen molar-refractivity contribution in [1.29, 1.82) is 0 Å². The molecule has 6 heteroatoms. The molecular formula is C13H18N2O2S2. The topological polar surface area (TPSA) is 41.6 Å². The summed E-state index contributed by atoms with van der Waals surface area (Å²) in [5.74, 6) is 1.98. The standard InChI is InChI=1S/C13H18N2O2S2/c1-9-4-15(13(16)11-7-19-8-14-11)5-12(17-9)10-2-3-18-6-10/h2-3,6,9,11-12,14H,4-5,7-8H2,1H3/t9-,11+,12+/m0/s1. The van der Waals surface area contributed by atoms with Gasteiger partial charge in [-0.15, -0.1) is 11.8 Å². The predicted octanol–water partition coefficient (Wildman–Crippen LogP) is 1.70. The van der Waals surface area contributed by atoms with Gasteiger partial charge in [0.15, 0.2) is 0 Å². The normalized spacial score (nSPS) is 31.6. The molecule has 1 aromatic rings. The van der Waals surface area contributed by atoms with E-state index in [0.29, 0.717) is 13.1 Å². The van der Waals surface area contributed by atoms with Gasteiger partial charge in [-0.1, -0.05) is 0 Å². The van der Waals surface area contributed by atoms with E-state index in [9.17, 15) is 4.79 Å². The highest BCUT2D eigenvalue weighted by Gasteiger charge is 2.34. The van der Waals surface area contributed by atoms with Gasteiger partial charge in [-0.25, -0.2) is 0 Å². The van der Waals surface area contributed by atoms with Crippen LogP contribution in [0.3, 0.4) is 0 Å². The van der Waals surface area contributed by atoms with Crippen LogP contribution in [0.25, 0.3) is 0 Å². The van der Waals surface area contributed by atoms with Gasteiger partial charge in [0.25, 0.3) is 0 Å². The molecule has 19 heavy (non-hydrogen) atoms. The van der Waals surface area contributed by atoms with E-state index in [2.05, 4.69) is 22.1 Å². The van der Waals surface area contributed by atoms with E-state index >= 15 is 0 Å². The molecule has 0 radical (unpaired) electrons. The summed E-state index contributed by atoms with van der Waals surface area (Å²) in [6, 6.07) is 2.07. The minimum absolute atomic E-state index is 0.0153. The van der Waals surface area contributed by atoms with Crippen molar-refractivity contribution in [2.24, 2.45) is 0 Å². The first-order valence-corrected chi connectivity index (χ1v) is 8.61. The fraction of sp³-hybridized carbons (Fsp3) is 0.615. The largest absolute Gasteiger partial charge is 0.367 e. The third-order valence-corrected chi connectivity index (χ3v) is 5.14. The number of hydrogen-bond donors (Lipinski definition) is 1. The molecular weight excluding hydrogens is 280 g/mol. The molecule has 1 aromatic heterocycles. The fourth-order valence-corrected chi connectivity index (χ4v) is 4.18.